The van der Waals surface area contributed by atoms with Crippen LogP contribution in [0.15, 0.2) is 0 Å². The van der Waals surface area contributed by atoms with Crippen LogP contribution in [-0.4, -0.2) is 58.3 Å². The van der Waals surface area contributed by atoms with Gasteiger partial charge in [0.05, 0.1) is 12.6 Å². The van der Waals surface area contributed by atoms with Crippen molar-refractivity contribution in [2.75, 3.05) is 12.3 Å². The van der Waals surface area contributed by atoms with E-state index in [-0.39, 0.29) is 18.6 Å². The summed E-state index contributed by atoms with van der Waals surface area (Å²) in [5.74, 6) is -3.79. The van der Waals surface area contributed by atoms with Gasteiger partial charge in [0.15, 0.2) is 0 Å². The highest BCUT2D eigenvalue weighted by Crippen LogP contribution is 1.94. The van der Waals surface area contributed by atoms with E-state index in [9.17, 15) is 19.2 Å². The van der Waals surface area contributed by atoms with Crippen LogP contribution in [0.1, 0.15) is 12.8 Å². The Hall–Kier alpha value is -1.81. The molecule has 0 aliphatic heterocycles. The number of rotatable bonds is 9. The molecule has 0 saturated carbocycles. The first-order valence-corrected chi connectivity index (χ1v) is 6.29. The van der Waals surface area contributed by atoms with Gasteiger partial charge in [-0.1, -0.05) is 0 Å². The summed E-state index contributed by atoms with van der Waals surface area (Å²) < 4.78 is 0. The molecule has 0 aromatic heterocycles. The summed E-state index contributed by atoms with van der Waals surface area (Å²) in [4.78, 5) is 43.7. The van der Waals surface area contributed by atoms with E-state index in [1.807, 2.05) is 0 Å². The number of nitrogens with two attached hydrogens (primary N) is 1. The monoisotopic (exact) mass is 307 g/mol. The maximum absolute atomic E-state index is 11.4. The fraction of sp³-hybridized carbons (Fsp3) is 0.600. The number of nitrogens with one attached hydrogen (secondary N) is 2. The van der Waals surface area contributed by atoms with E-state index < -0.39 is 42.4 Å². The van der Waals surface area contributed by atoms with E-state index in [1.54, 1.807) is 0 Å². The first kappa shape index (κ1) is 18.2. The number of hydrogen-bond acceptors (Lipinski definition) is 6. The second-order valence-corrected chi connectivity index (χ2v) is 4.26. The van der Waals surface area contributed by atoms with Crippen molar-refractivity contribution in [3.63, 3.8) is 0 Å². The van der Waals surface area contributed by atoms with Crippen LogP contribution in [0, 0.1) is 0 Å². The van der Waals surface area contributed by atoms with Crippen molar-refractivity contribution in [1.82, 2.24) is 10.6 Å². The summed E-state index contributed by atoms with van der Waals surface area (Å²) >= 11 is 3.76. The molecule has 0 aliphatic carbocycles. The predicted molar refractivity (Wildman–Crippen MR) is 71.3 cm³/mol. The molecule has 0 unspecified atom stereocenters. The minimum Gasteiger partial charge on any atom is -0.481 e. The highest BCUT2D eigenvalue weighted by molar-refractivity contribution is 7.80. The zero-order chi connectivity index (χ0) is 15.7. The average molecular weight is 307 g/mol. The third kappa shape index (κ3) is 7.59. The van der Waals surface area contributed by atoms with Gasteiger partial charge in [0.25, 0.3) is 0 Å². The lowest BCUT2D eigenvalue weighted by Gasteiger charge is -2.14. The Balaban J connectivity index is 4.08. The van der Waals surface area contributed by atoms with E-state index in [2.05, 4.69) is 23.3 Å². The minimum absolute atomic E-state index is 0.0584. The van der Waals surface area contributed by atoms with Crippen LogP contribution in [0.2, 0.25) is 0 Å². The normalized spacial score (nSPS) is 13.1. The molecule has 10 heteroatoms. The number of aliphatic carboxylic acids is 2. The Bertz CT molecular complexity index is 389. The molecule has 114 valence electrons. The Morgan fingerprint density at radius 3 is 2.25 bits per heavy atom. The van der Waals surface area contributed by atoms with Crippen LogP contribution < -0.4 is 16.4 Å². The topological polar surface area (TPSA) is 159 Å². The summed E-state index contributed by atoms with van der Waals surface area (Å²) in [6, 6.07) is -2.19. The number of carbonyl (C=O) groups is 4. The first-order valence-electron chi connectivity index (χ1n) is 5.66. The van der Waals surface area contributed by atoms with Crippen molar-refractivity contribution in [2.24, 2.45) is 5.73 Å². The predicted octanol–water partition coefficient (Wildman–Crippen LogP) is -2.21. The molecular weight excluding hydrogens is 290 g/mol. The number of carboxylic acid groups (broad SMARTS) is 2. The molecule has 0 aromatic rings. The van der Waals surface area contributed by atoms with Crippen LogP contribution in [0.4, 0.5) is 0 Å². The van der Waals surface area contributed by atoms with Gasteiger partial charge in [-0.3, -0.25) is 14.4 Å². The molecule has 2 atom stereocenters. The second kappa shape index (κ2) is 9.15. The fourth-order valence-electron chi connectivity index (χ4n) is 1.14. The molecule has 0 bridgehead atoms. The van der Waals surface area contributed by atoms with Gasteiger partial charge in [-0.15, -0.1) is 0 Å². The zero-order valence-electron chi connectivity index (χ0n) is 10.5. The molecule has 2 amide bonds. The molecule has 0 rings (SSSR count). The summed E-state index contributed by atoms with van der Waals surface area (Å²) in [5, 5.41) is 21.4. The third-order valence-electron chi connectivity index (χ3n) is 2.25. The van der Waals surface area contributed by atoms with Gasteiger partial charge in [-0.2, -0.15) is 12.6 Å². The Kier molecular flexibility index (Phi) is 8.32. The highest BCUT2D eigenvalue weighted by atomic mass is 32.1. The zero-order valence-corrected chi connectivity index (χ0v) is 11.4. The van der Waals surface area contributed by atoms with Crippen LogP contribution in [-0.2, 0) is 19.2 Å². The van der Waals surface area contributed by atoms with E-state index >= 15 is 0 Å². The largest absolute Gasteiger partial charge is 0.481 e. The van der Waals surface area contributed by atoms with Gasteiger partial charge in [-0.25, -0.2) is 4.79 Å². The molecule has 20 heavy (non-hydrogen) atoms. The Labute approximate surface area is 120 Å². The lowest BCUT2D eigenvalue weighted by Crippen LogP contribution is -2.49. The molecule has 0 saturated heterocycles. The van der Waals surface area contributed by atoms with Crippen molar-refractivity contribution in [3.8, 4) is 0 Å². The third-order valence-corrected chi connectivity index (χ3v) is 2.61. The average Bonchev–Trinajstić information content (AvgIpc) is 2.38. The van der Waals surface area contributed by atoms with Crippen LogP contribution >= 0.6 is 12.6 Å². The highest BCUT2D eigenvalue weighted by Gasteiger charge is 2.19. The molecule has 0 aromatic carbocycles. The second-order valence-electron chi connectivity index (χ2n) is 3.90. The molecule has 0 aliphatic rings. The van der Waals surface area contributed by atoms with Crippen LogP contribution in [0.3, 0.4) is 0 Å². The minimum atomic E-state index is -1.24. The van der Waals surface area contributed by atoms with Crippen LogP contribution in [0.5, 0.6) is 0 Å². The molecule has 0 fully saturated rings. The Morgan fingerprint density at radius 2 is 1.80 bits per heavy atom. The lowest BCUT2D eigenvalue weighted by atomic mass is 10.1. The SMILES string of the molecule is N[C@@H](CCC(=O)O)C(=O)NCC(=O)N[C@@H](CS)C(=O)O. The van der Waals surface area contributed by atoms with Crippen molar-refractivity contribution in [1.29, 1.82) is 0 Å². The fourth-order valence-corrected chi connectivity index (χ4v) is 1.39. The van der Waals surface area contributed by atoms with Gasteiger partial charge < -0.3 is 26.6 Å². The van der Waals surface area contributed by atoms with E-state index in [4.69, 9.17) is 15.9 Å². The van der Waals surface area contributed by atoms with Gasteiger partial charge in [-0.05, 0) is 6.42 Å². The van der Waals surface area contributed by atoms with Gasteiger partial charge in [0.2, 0.25) is 11.8 Å². The number of thiol groups is 1. The van der Waals surface area contributed by atoms with Gasteiger partial charge in [0.1, 0.15) is 6.04 Å². The van der Waals surface area contributed by atoms with Crippen molar-refractivity contribution in [3.05, 3.63) is 0 Å². The standard InChI is InChI=1S/C10H17N3O6S/c11-5(1-2-8(15)16)9(17)12-3-7(14)13-6(4-20)10(18)19/h5-6,20H,1-4,11H2,(H,12,17)(H,13,14)(H,15,16)(H,18,19)/t5-,6-/m0/s1. The van der Waals surface area contributed by atoms with Crippen molar-refractivity contribution in [2.45, 2.75) is 24.9 Å². The van der Waals surface area contributed by atoms with Crippen molar-refractivity contribution >= 4 is 36.4 Å². The quantitative estimate of drug-likeness (QED) is 0.263. The molecule has 0 spiro atoms. The summed E-state index contributed by atoms with van der Waals surface area (Å²) in [6.07, 6.45) is -0.321. The molecule has 0 heterocycles. The van der Waals surface area contributed by atoms with Crippen LogP contribution in [0.25, 0.3) is 0 Å². The van der Waals surface area contributed by atoms with E-state index in [0.29, 0.717) is 0 Å². The Morgan fingerprint density at radius 1 is 1.20 bits per heavy atom. The van der Waals surface area contributed by atoms with Crippen molar-refractivity contribution < 1.29 is 29.4 Å². The molecule has 0 radical (unpaired) electrons. The maximum Gasteiger partial charge on any atom is 0.327 e. The summed E-state index contributed by atoms with van der Waals surface area (Å²) in [7, 11) is 0. The number of carbonyl (C=O) groups excluding carboxylic acids is 2. The van der Waals surface area contributed by atoms with E-state index in [1.165, 1.54) is 0 Å². The number of hydrogen-bond donors (Lipinski definition) is 6. The number of amides is 2. The van der Waals surface area contributed by atoms with Gasteiger partial charge in [0, 0.05) is 12.2 Å². The molecule has 9 nitrogen and oxygen atoms in total. The molecule has 6 N–H and O–H groups in total. The lowest BCUT2D eigenvalue weighted by molar-refractivity contribution is -0.141. The summed E-state index contributed by atoms with van der Waals surface area (Å²) in [5.41, 5.74) is 5.41. The maximum atomic E-state index is 11.4. The molecular formula is C10H17N3O6S. The first-order chi connectivity index (χ1) is 9.27. The van der Waals surface area contributed by atoms with Gasteiger partial charge >= 0.3 is 11.9 Å². The smallest absolute Gasteiger partial charge is 0.327 e. The summed E-state index contributed by atoms with van der Waals surface area (Å²) in [6.45, 7) is -0.447. The number of carboxylic acids is 2. The van der Waals surface area contributed by atoms with E-state index in [0.717, 1.165) is 0 Å².